The molecule has 0 N–H and O–H groups in total. The van der Waals surface area contributed by atoms with Crippen molar-refractivity contribution in [1.29, 1.82) is 0 Å². The summed E-state index contributed by atoms with van der Waals surface area (Å²) in [6, 6.07) is 21.1. The van der Waals surface area contributed by atoms with Gasteiger partial charge in [-0.1, -0.05) is 73.7 Å². The zero-order valence-corrected chi connectivity index (χ0v) is 14.4. The van der Waals surface area contributed by atoms with Gasteiger partial charge in [-0.05, 0) is 49.0 Å². The van der Waals surface area contributed by atoms with Gasteiger partial charge in [-0.25, -0.2) is 0 Å². The van der Waals surface area contributed by atoms with Crippen molar-refractivity contribution in [3.63, 3.8) is 0 Å². The van der Waals surface area contributed by atoms with Gasteiger partial charge in [0.05, 0.1) is 0 Å². The fraction of sp³-hybridized carbons (Fsp3) is 0.304. The van der Waals surface area contributed by atoms with Crippen LogP contribution in [0, 0.1) is 0 Å². The molecule has 1 aliphatic rings. The molecule has 2 aromatic carbocycles. The van der Waals surface area contributed by atoms with Gasteiger partial charge in [0.2, 0.25) is 0 Å². The Labute approximate surface area is 145 Å². The molecule has 0 amide bonds. The molecule has 0 aromatic heterocycles. The highest BCUT2D eigenvalue weighted by atomic mass is 16.5. The monoisotopic (exact) mass is 318 g/mol. The molecule has 3 rings (SSSR count). The molecular formula is C23H26O. The summed E-state index contributed by atoms with van der Waals surface area (Å²) in [4.78, 5) is 0. The van der Waals surface area contributed by atoms with Gasteiger partial charge in [0.15, 0.2) is 0 Å². The Morgan fingerprint density at radius 3 is 2.29 bits per heavy atom. The molecule has 2 aromatic rings. The summed E-state index contributed by atoms with van der Waals surface area (Å²) < 4.78 is 6.33. The summed E-state index contributed by atoms with van der Waals surface area (Å²) in [5, 5.41) is 0. The largest absolute Gasteiger partial charge is 0.490 e. The summed E-state index contributed by atoms with van der Waals surface area (Å²) in [6.07, 6.45) is 7.20. The number of ether oxygens (including phenoxy) is 1. The number of rotatable bonds is 5. The van der Waals surface area contributed by atoms with Gasteiger partial charge in [0, 0.05) is 5.92 Å². The number of hydrogen-bond donors (Lipinski definition) is 0. The van der Waals surface area contributed by atoms with Crippen molar-refractivity contribution < 1.29 is 4.74 Å². The van der Waals surface area contributed by atoms with Crippen molar-refractivity contribution in [2.24, 2.45) is 0 Å². The third kappa shape index (κ3) is 4.17. The van der Waals surface area contributed by atoms with Crippen LogP contribution in [0.5, 0.6) is 0 Å². The van der Waals surface area contributed by atoms with Gasteiger partial charge in [-0.3, -0.25) is 0 Å². The lowest BCUT2D eigenvalue weighted by molar-refractivity contribution is 0.0688. The quantitative estimate of drug-likeness (QED) is 0.461. The SMILES string of the molecule is C=C(O[C@@H]1CCCC[C@H]1c1ccccc1)/C(C)=C/c1ccccc1. The predicted molar refractivity (Wildman–Crippen MR) is 102 cm³/mol. The van der Waals surface area contributed by atoms with E-state index in [1.54, 1.807) is 0 Å². The summed E-state index contributed by atoms with van der Waals surface area (Å²) in [5.74, 6) is 1.27. The second-order valence-electron chi connectivity index (χ2n) is 6.62. The van der Waals surface area contributed by atoms with Gasteiger partial charge in [0.1, 0.15) is 11.9 Å². The van der Waals surface area contributed by atoms with Crippen molar-refractivity contribution in [3.8, 4) is 0 Å². The molecule has 124 valence electrons. The van der Waals surface area contributed by atoms with E-state index in [2.05, 4.69) is 74.2 Å². The van der Waals surface area contributed by atoms with Crippen LogP contribution in [-0.2, 0) is 4.74 Å². The van der Waals surface area contributed by atoms with E-state index in [1.165, 1.54) is 30.4 Å². The molecule has 0 unspecified atom stereocenters. The van der Waals surface area contributed by atoms with Crippen LogP contribution in [0.1, 0.15) is 49.7 Å². The van der Waals surface area contributed by atoms with Gasteiger partial charge in [-0.2, -0.15) is 0 Å². The minimum Gasteiger partial charge on any atom is -0.490 e. The number of benzene rings is 2. The normalized spacial score (nSPS) is 21.3. The van der Waals surface area contributed by atoms with Crippen LogP contribution < -0.4 is 0 Å². The van der Waals surface area contributed by atoms with Crippen molar-refractivity contribution in [2.45, 2.75) is 44.6 Å². The molecule has 0 radical (unpaired) electrons. The standard InChI is InChI=1S/C23H26O/c1-18(17-20-11-5-3-6-12-20)19(2)24-23-16-10-9-15-22(23)21-13-7-4-8-14-21/h3-8,11-14,17,22-23H,2,9-10,15-16H2,1H3/b18-17+/t22-,23+/m0/s1. The zero-order valence-electron chi connectivity index (χ0n) is 14.4. The number of allylic oxidation sites excluding steroid dienone is 1. The van der Waals surface area contributed by atoms with Crippen LogP contribution in [0.25, 0.3) is 6.08 Å². The molecule has 24 heavy (non-hydrogen) atoms. The maximum absolute atomic E-state index is 6.33. The fourth-order valence-electron chi connectivity index (χ4n) is 3.47. The average Bonchev–Trinajstić information content (AvgIpc) is 2.63. The molecule has 1 nitrogen and oxygen atoms in total. The summed E-state index contributed by atoms with van der Waals surface area (Å²) in [7, 11) is 0. The Hall–Kier alpha value is -2.28. The minimum atomic E-state index is 0.229. The van der Waals surface area contributed by atoms with Gasteiger partial charge in [-0.15, -0.1) is 0 Å². The predicted octanol–water partition coefficient (Wildman–Crippen LogP) is 6.35. The molecule has 0 heterocycles. The van der Waals surface area contributed by atoms with Crippen LogP contribution in [0.2, 0.25) is 0 Å². The van der Waals surface area contributed by atoms with Crippen LogP contribution >= 0.6 is 0 Å². The molecule has 0 saturated heterocycles. The first-order valence-electron chi connectivity index (χ1n) is 8.88. The van der Waals surface area contributed by atoms with Crippen molar-refractivity contribution in [3.05, 3.63) is 89.7 Å². The molecule has 0 bridgehead atoms. The Morgan fingerprint density at radius 1 is 0.958 bits per heavy atom. The minimum absolute atomic E-state index is 0.229. The first-order valence-corrected chi connectivity index (χ1v) is 8.88. The Kier molecular flexibility index (Phi) is 5.53. The highest BCUT2D eigenvalue weighted by molar-refractivity contribution is 5.56. The van der Waals surface area contributed by atoms with Crippen molar-refractivity contribution in [2.75, 3.05) is 0 Å². The molecule has 1 heteroatoms. The Balaban J connectivity index is 1.71. The molecule has 1 aliphatic carbocycles. The van der Waals surface area contributed by atoms with E-state index in [9.17, 15) is 0 Å². The van der Waals surface area contributed by atoms with Crippen LogP contribution in [-0.4, -0.2) is 6.10 Å². The van der Waals surface area contributed by atoms with E-state index in [0.29, 0.717) is 5.92 Å². The van der Waals surface area contributed by atoms with Crippen LogP contribution in [0.15, 0.2) is 78.6 Å². The summed E-state index contributed by atoms with van der Waals surface area (Å²) in [5.41, 5.74) is 3.67. The maximum atomic E-state index is 6.33. The van der Waals surface area contributed by atoms with E-state index in [1.807, 2.05) is 6.07 Å². The molecule has 0 spiro atoms. The van der Waals surface area contributed by atoms with E-state index in [0.717, 1.165) is 17.8 Å². The maximum Gasteiger partial charge on any atom is 0.115 e. The zero-order chi connectivity index (χ0) is 16.8. The summed E-state index contributed by atoms with van der Waals surface area (Å²) >= 11 is 0. The lowest BCUT2D eigenvalue weighted by Gasteiger charge is -2.33. The Bertz CT molecular complexity index is 684. The smallest absolute Gasteiger partial charge is 0.115 e. The lowest BCUT2D eigenvalue weighted by atomic mass is 9.81. The van der Waals surface area contributed by atoms with Crippen molar-refractivity contribution >= 4 is 6.08 Å². The third-order valence-electron chi connectivity index (χ3n) is 4.85. The third-order valence-corrected chi connectivity index (χ3v) is 4.85. The van der Waals surface area contributed by atoms with E-state index >= 15 is 0 Å². The van der Waals surface area contributed by atoms with E-state index in [-0.39, 0.29) is 6.10 Å². The van der Waals surface area contributed by atoms with E-state index < -0.39 is 0 Å². The van der Waals surface area contributed by atoms with E-state index in [4.69, 9.17) is 4.74 Å². The molecule has 2 atom stereocenters. The lowest BCUT2D eigenvalue weighted by Crippen LogP contribution is -2.26. The number of hydrogen-bond acceptors (Lipinski definition) is 1. The fourth-order valence-corrected chi connectivity index (χ4v) is 3.47. The Morgan fingerprint density at radius 2 is 1.58 bits per heavy atom. The highest BCUT2D eigenvalue weighted by Gasteiger charge is 2.28. The first kappa shape index (κ1) is 16.6. The van der Waals surface area contributed by atoms with Gasteiger partial charge < -0.3 is 4.74 Å². The van der Waals surface area contributed by atoms with Crippen molar-refractivity contribution in [1.82, 2.24) is 0 Å². The van der Waals surface area contributed by atoms with Crippen LogP contribution in [0.4, 0.5) is 0 Å². The second-order valence-corrected chi connectivity index (χ2v) is 6.62. The van der Waals surface area contributed by atoms with Gasteiger partial charge >= 0.3 is 0 Å². The second kappa shape index (κ2) is 8.01. The first-order chi connectivity index (χ1) is 11.7. The topological polar surface area (TPSA) is 9.23 Å². The summed E-state index contributed by atoms with van der Waals surface area (Å²) in [6.45, 7) is 6.26. The molecule has 1 saturated carbocycles. The molecule has 1 fully saturated rings. The average molecular weight is 318 g/mol. The van der Waals surface area contributed by atoms with Gasteiger partial charge in [0.25, 0.3) is 0 Å². The molecule has 0 aliphatic heterocycles. The highest BCUT2D eigenvalue weighted by Crippen LogP contribution is 2.36. The van der Waals surface area contributed by atoms with Crippen LogP contribution in [0.3, 0.4) is 0 Å². The molecular weight excluding hydrogens is 292 g/mol.